The molecule has 2 aliphatic carbocycles. The van der Waals surface area contributed by atoms with E-state index in [1.807, 2.05) is 0 Å². The Morgan fingerprint density at radius 3 is 1.04 bits per heavy atom. The Kier molecular flexibility index (Phi) is 7.84. The molecule has 12 nitrogen and oxygen atoms in total. The van der Waals surface area contributed by atoms with E-state index in [9.17, 15) is 66.7 Å². The molecule has 0 amide bonds. The number of fused-ring (bicyclic) bond motifs is 2. The van der Waals surface area contributed by atoms with E-state index in [2.05, 4.69) is 29.9 Å². The molecule has 5 rings (SSSR count). The van der Waals surface area contributed by atoms with Gasteiger partial charge in [0.15, 0.2) is 11.6 Å². The monoisotopic (exact) mass is 694 g/mol. The molecule has 2 aromatic heterocycles. The number of hydrogen-bond donors (Lipinski definition) is 0. The highest BCUT2D eigenvalue weighted by molar-refractivity contribution is 6.29. The summed E-state index contributed by atoms with van der Waals surface area (Å²) in [5, 5.41) is 58.8. The van der Waals surface area contributed by atoms with Gasteiger partial charge in [-0.2, -0.15) is 86.6 Å². The highest BCUT2D eigenvalue weighted by Gasteiger charge is 2.47. The van der Waals surface area contributed by atoms with Crippen molar-refractivity contribution in [1.29, 1.82) is 31.6 Å². The van der Waals surface area contributed by atoms with Crippen molar-refractivity contribution in [2.24, 2.45) is 0 Å². The van der Waals surface area contributed by atoms with E-state index in [0.29, 0.717) is 0 Å². The van der Waals surface area contributed by atoms with Gasteiger partial charge in [-0.1, -0.05) is 0 Å². The normalized spacial score (nSPS) is 13.4. The summed E-state index contributed by atoms with van der Waals surface area (Å²) in [5.41, 5.74) is -15.2. The van der Waals surface area contributed by atoms with Crippen LogP contribution in [0.25, 0.3) is 33.4 Å². The molecule has 1 aromatic carbocycles. The van der Waals surface area contributed by atoms with Crippen molar-refractivity contribution < 1.29 is 43.9 Å². The maximum atomic E-state index is 16.9. The highest BCUT2D eigenvalue weighted by Crippen LogP contribution is 2.56. The van der Waals surface area contributed by atoms with Gasteiger partial charge in [-0.05, 0) is 0 Å². The number of halogens is 10. The first kappa shape index (κ1) is 33.8. The number of hydrogen-bond acceptors (Lipinski definition) is 12. The topological polar surface area (TPSA) is 220 Å². The molecule has 0 radical (unpaired) electrons. The minimum atomic E-state index is -5.49. The predicted octanol–water partition coefficient (Wildman–Crippen LogP) is 5.15. The lowest BCUT2D eigenvalue weighted by Crippen LogP contribution is -2.15. The molecule has 0 N–H and O–H groups in total. The molecule has 242 valence electrons. The third kappa shape index (κ3) is 4.98. The van der Waals surface area contributed by atoms with Gasteiger partial charge in [0.05, 0.1) is 11.1 Å². The predicted molar refractivity (Wildman–Crippen MR) is 137 cm³/mol. The molecule has 0 aliphatic heterocycles. The summed E-state index contributed by atoms with van der Waals surface area (Å²) in [6.45, 7) is 0. The quantitative estimate of drug-likeness (QED) is 0.251. The lowest BCUT2D eigenvalue weighted by Gasteiger charge is -2.14. The van der Waals surface area contributed by atoms with E-state index in [0.717, 1.165) is 0 Å². The van der Waals surface area contributed by atoms with Crippen LogP contribution in [0.4, 0.5) is 43.9 Å². The van der Waals surface area contributed by atoms with Gasteiger partial charge < -0.3 is 0 Å². The van der Waals surface area contributed by atoms with Crippen LogP contribution in [0, 0.1) is 91.8 Å². The second-order valence-electron chi connectivity index (χ2n) is 9.30. The van der Waals surface area contributed by atoms with Crippen molar-refractivity contribution in [2.45, 2.75) is 12.4 Å². The average Bonchev–Trinajstić information content (AvgIpc) is 3.58. The summed E-state index contributed by atoms with van der Waals surface area (Å²) < 4.78 is 143. The van der Waals surface area contributed by atoms with Crippen LogP contribution in [0.1, 0.15) is 45.6 Å². The second kappa shape index (κ2) is 11.6. The number of aromatic nitrogens is 6. The number of allylic oxidation sites excluding steroid dienone is 8. The molecule has 0 unspecified atom stereocenters. The Bertz CT molecular complexity index is 2310. The van der Waals surface area contributed by atoms with Crippen molar-refractivity contribution in [3.63, 3.8) is 0 Å². The van der Waals surface area contributed by atoms with Crippen LogP contribution in [0.3, 0.4) is 0 Å². The zero-order valence-corrected chi connectivity index (χ0v) is 23.1. The van der Waals surface area contributed by atoms with E-state index in [1.165, 1.54) is 36.4 Å². The second-order valence-corrected chi connectivity index (χ2v) is 9.30. The summed E-state index contributed by atoms with van der Waals surface area (Å²) >= 11 is 0. The third-order valence-corrected chi connectivity index (χ3v) is 6.72. The molecule has 3 aromatic rings. The van der Waals surface area contributed by atoms with Crippen molar-refractivity contribution in [3.8, 4) is 36.4 Å². The summed E-state index contributed by atoms with van der Waals surface area (Å²) in [5.74, 6) is -11.2. The Balaban J connectivity index is 2.02. The van der Waals surface area contributed by atoms with E-state index >= 15 is 8.78 Å². The van der Waals surface area contributed by atoms with Crippen LogP contribution in [0.2, 0.25) is 0 Å². The van der Waals surface area contributed by atoms with Crippen LogP contribution < -0.4 is 0 Å². The minimum Gasteiger partial charge on any atom is -0.206 e. The standard InChI is InChI=1S/C28F10N12/c29-19-14-10(6-44)16(22-46-24(28(36,37)38)50-26(32)48-22)12(8(3-41)4-42)18(14)20(30)13-9(5-43)15(11(17(13)19)7(1-39)2-40)21-45-23(27(33,34)35)49-25(31)47-21. The van der Waals surface area contributed by atoms with E-state index in [-0.39, 0.29) is 0 Å². The fraction of sp³-hybridized carbons (Fsp3) is 0.0714. The Hall–Kier alpha value is -7.56. The zero-order valence-electron chi connectivity index (χ0n) is 23.1. The fourth-order valence-corrected chi connectivity index (χ4v) is 5.00. The molecule has 0 fully saturated rings. The van der Waals surface area contributed by atoms with Crippen LogP contribution in [-0.2, 0) is 12.4 Å². The summed E-state index contributed by atoms with van der Waals surface area (Å²) in [7, 11) is 0. The molecule has 0 atom stereocenters. The molecule has 50 heavy (non-hydrogen) atoms. The number of nitrogens with zero attached hydrogens (tertiary/aromatic N) is 12. The van der Waals surface area contributed by atoms with Gasteiger partial charge >= 0.3 is 24.5 Å². The van der Waals surface area contributed by atoms with E-state index < -0.39 is 126 Å². The Morgan fingerprint density at radius 1 is 0.460 bits per heavy atom. The van der Waals surface area contributed by atoms with Gasteiger partial charge in [0.2, 0.25) is 11.6 Å². The van der Waals surface area contributed by atoms with Gasteiger partial charge in [-0.3, -0.25) is 0 Å². The molecule has 0 spiro atoms. The highest BCUT2D eigenvalue weighted by atomic mass is 19.4. The molecule has 22 heteroatoms. The summed E-state index contributed by atoms with van der Waals surface area (Å²) in [6.07, 6.45) is -15.2. The number of nitriles is 6. The number of alkyl halides is 6. The Morgan fingerprint density at radius 2 is 0.780 bits per heavy atom. The smallest absolute Gasteiger partial charge is 0.206 e. The lowest BCUT2D eigenvalue weighted by molar-refractivity contribution is -0.146. The van der Waals surface area contributed by atoms with Crippen molar-refractivity contribution in [1.82, 2.24) is 29.9 Å². The van der Waals surface area contributed by atoms with Gasteiger partial charge in [0.1, 0.15) is 59.2 Å². The maximum Gasteiger partial charge on any atom is 0.451 e. The summed E-state index contributed by atoms with van der Waals surface area (Å²) in [4.78, 5) is 17.0. The molecule has 0 saturated heterocycles. The van der Waals surface area contributed by atoms with Crippen LogP contribution in [-0.4, -0.2) is 29.9 Å². The van der Waals surface area contributed by atoms with Crippen molar-refractivity contribution in [2.75, 3.05) is 0 Å². The van der Waals surface area contributed by atoms with Crippen LogP contribution >= 0.6 is 0 Å². The molecule has 0 bridgehead atoms. The third-order valence-electron chi connectivity index (χ3n) is 6.72. The largest absolute Gasteiger partial charge is 0.451 e. The van der Waals surface area contributed by atoms with Crippen LogP contribution in [0.5, 0.6) is 0 Å². The average molecular weight is 694 g/mol. The van der Waals surface area contributed by atoms with Gasteiger partial charge in [-0.25, -0.2) is 18.7 Å². The van der Waals surface area contributed by atoms with Gasteiger partial charge in [0.25, 0.3) is 0 Å². The maximum absolute atomic E-state index is 16.9. The SMILES string of the molecule is N#CC(C#N)=C1C(c2nc(F)nc(C(F)(F)F)n2)=C(C#N)c2c(F)c3c(c(F)c21)C(C#N)=C(c1nc(F)nc(C(F)(F)F)n1)C3=C(C#N)C#N. The molecule has 0 saturated carbocycles. The lowest BCUT2D eigenvalue weighted by atomic mass is 9.90. The van der Waals surface area contributed by atoms with E-state index in [4.69, 9.17) is 0 Å². The first-order chi connectivity index (χ1) is 23.5. The molecular formula is C28F10N12. The van der Waals surface area contributed by atoms with Gasteiger partial charge in [-0.15, -0.1) is 0 Å². The van der Waals surface area contributed by atoms with Crippen molar-refractivity contribution >= 4 is 33.4 Å². The van der Waals surface area contributed by atoms with E-state index in [1.54, 1.807) is 0 Å². The molecular weight excluding hydrogens is 694 g/mol. The Labute approximate surface area is 268 Å². The number of benzene rings is 1. The van der Waals surface area contributed by atoms with Crippen molar-refractivity contribution in [3.05, 3.63) is 80.5 Å². The van der Waals surface area contributed by atoms with Gasteiger partial charge in [0, 0.05) is 44.5 Å². The number of rotatable bonds is 2. The first-order valence-corrected chi connectivity index (χ1v) is 12.4. The molecule has 2 heterocycles. The summed E-state index contributed by atoms with van der Waals surface area (Å²) in [6, 6.07) is 7.53. The minimum absolute atomic E-state index is 1.21. The molecule has 2 aliphatic rings. The van der Waals surface area contributed by atoms with Crippen LogP contribution in [0.15, 0.2) is 11.1 Å². The first-order valence-electron chi connectivity index (χ1n) is 12.4. The zero-order chi connectivity index (χ0) is 37.0. The fourth-order valence-electron chi connectivity index (χ4n) is 5.00.